The van der Waals surface area contributed by atoms with Crippen LogP contribution in [0.4, 0.5) is 0 Å². The van der Waals surface area contributed by atoms with Crippen LogP contribution in [0.5, 0.6) is 0 Å². The van der Waals surface area contributed by atoms with Crippen molar-refractivity contribution in [2.75, 3.05) is 19.1 Å². The van der Waals surface area contributed by atoms with Crippen molar-refractivity contribution in [3.05, 3.63) is 0 Å². The van der Waals surface area contributed by atoms with Gasteiger partial charge < -0.3 is 4.52 Å². The van der Waals surface area contributed by atoms with Gasteiger partial charge in [-0.15, -0.1) is 0 Å². The molecule has 0 N–H and O–H groups in total. The summed E-state index contributed by atoms with van der Waals surface area (Å²) in [6.07, 6.45) is 3.60. The van der Waals surface area contributed by atoms with Gasteiger partial charge in [-0.2, -0.15) is 0 Å². The molecule has 0 saturated carbocycles. The molecule has 0 radical (unpaired) electrons. The quantitative estimate of drug-likeness (QED) is 0.631. The third-order valence-corrected chi connectivity index (χ3v) is 8.20. The second-order valence-corrected chi connectivity index (χ2v) is 8.88. The lowest BCUT2D eigenvalue weighted by molar-refractivity contribution is 0.357. The molecule has 0 heterocycles. The van der Waals surface area contributed by atoms with Gasteiger partial charge in [0.25, 0.3) is 0 Å². The molecule has 0 aliphatic rings. The maximum Gasteiger partial charge on any atom is 0.312 e. The van der Waals surface area contributed by atoms with E-state index in [4.69, 9.17) is 4.52 Å². The van der Waals surface area contributed by atoms with Gasteiger partial charge in [-0.3, -0.25) is 4.57 Å². The summed E-state index contributed by atoms with van der Waals surface area (Å²) >= 11 is 2.59. The molecule has 0 aromatic heterocycles. The summed E-state index contributed by atoms with van der Waals surface area (Å²) in [6.45, 7) is 2.37. The molecular formula is C4H11O2PS2. The largest absolute Gasteiger partial charge is 0.314 e. The molecule has 5 heteroatoms. The summed E-state index contributed by atoms with van der Waals surface area (Å²) in [5, 5.41) is 0. The Balaban J connectivity index is 3.78. The second kappa shape index (κ2) is 4.67. The van der Waals surface area contributed by atoms with Gasteiger partial charge in [0.1, 0.15) is 0 Å². The molecule has 0 unspecified atom stereocenters. The smallest absolute Gasteiger partial charge is 0.312 e. The van der Waals surface area contributed by atoms with Gasteiger partial charge in [0.15, 0.2) is 0 Å². The fraction of sp³-hybridized carbons (Fsp3) is 1.00. The summed E-state index contributed by atoms with van der Waals surface area (Å²) in [4.78, 5) is 0. The highest BCUT2D eigenvalue weighted by atomic mass is 33.1. The van der Waals surface area contributed by atoms with E-state index in [0.717, 1.165) is 0 Å². The molecule has 0 fully saturated rings. The van der Waals surface area contributed by atoms with Gasteiger partial charge in [-0.1, -0.05) is 22.8 Å². The van der Waals surface area contributed by atoms with E-state index in [1.165, 1.54) is 22.8 Å². The SMILES string of the molecule is CCOP(=O)(SC)SC. The minimum absolute atomic E-state index is 0.527. The first-order chi connectivity index (χ1) is 4.18. The van der Waals surface area contributed by atoms with Crippen LogP contribution in [0.15, 0.2) is 0 Å². The van der Waals surface area contributed by atoms with Crippen LogP contribution >= 0.6 is 28.5 Å². The minimum atomic E-state index is -2.35. The van der Waals surface area contributed by atoms with Gasteiger partial charge in [0, 0.05) is 0 Å². The van der Waals surface area contributed by atoms with Crippen LogP contribution in [0, 0.1) is 0 Å². The maximum atomic E-state index is 11.3. The van der Waals surface area contributed by atoms with Crippen molar-refractivity contribution in [1.82, 2.24) is 0 Å². The van der Waals surface area contributed by atoms with Crippen molar-refractivity contribution in [2.24, 2.45) is 0 Å². The summed E-state index contributed by atoms with van der Waals surface area (Å²) in [5.41, 5.74) is 0. The summed E-state index contributed by atoms with van der Waals surface area (Å²) in [6, 6.07) is 0. The minimum Gasteiger partial charge on any atom is -0.314 e. The molecule has 56 valence electrons. The molecule has 9 heavy (non-hydrogen) atoms. The highest BCUT2D eigenvalue weighted by molar-refractivity contribution is 8.88. The van der Waals surface area contributed by atoms with E-state index < -0.39 is 5.77 Å². The third kappa shape index (κ3) is 3.56. The van der Waals surface area contributed by atoms with E-state index in [9.17, 15) is 4.57 Å². The Morgan fingerprint density at radius 3 is 2.00 bits per heavy atom. The van der Waals surface area contributed by atoms with Crippen LogP contribution in [0.25, 0.3) is 0 Å². The lowest BCUT2D eigenvalue weighted by Gasteiger charge is -2.09. The first-order valence-electron chi connectivity index (χ1n) is 2.54. The monoisotopic (exact) mass is 186 g/mol. The average molecular weight is 186 g/mol. The fourth-order valence-electron chi connectivity index (χ4n) is 0.338. The molecule has 0 atom stereocenters. The Morgan fingerprint density at radius 2 is 1.89 bits per heavy atom. The Kier molecular flexibility index (Phi) is 5.13. The Morgan fingerprint density at radius 1 is 1.44 bits per heavy atom. The van der Waals surface area contributed by atoms with Crippen molar-refractivity contribution < 1.29 is 9.09 Å². The molecule has 0 saturated heterocycles. The molecule has 0 amide bonds. The van der Waals surface area contributed by atoms with Crippen LogP contribution < -0.4 is 0 Å². The topological polar surface area (TPSA) is 26.3 Å². The molecule has 0 spiro atoms. The van der Waals surface area contributed by atoms with Crippen molar-refractivity contribution in [2.45, 2.75) is 6.92 Å². The van der Waals surface area contributed by atoms with E-state index in [2.05, 4.69) is 0 Å². The van der Waals surface area contributed by atoms with Crippen molar-refractivity contribution in [3.63, 3.8) is 0 Å². The lowest BCUT2D eigenvalue weighted by atomic mass is 10.9. The van der Waals surface area contributed by atoms with E-state index in [0.29, 0.717) is 6.61 Å². The van der Waals surface area contributed by atoms with Crippen molar-refractivity contribution in [3.8, 4) is 0 Å². The first kappa shape index (κ1) is 9.89. The van der Waals surface area contributed by atoms with Crippen molar-refractivity contribution >= 4 is 28.5 Å². The van der Waals surface area contributed by atoms with Crippen LogP contribution in [0.3, 0.4) is 0 Å². The Bertz CT molecular complexity index is 109. The van der Waals surface area contributed by atoms with E-state index in [1.54, 1.807) is 12.5 Å². The molecule has 0 aromatic rings. The van der Waals surface area contributed by atoms with Crippen LogP contribution in [0.2, 0.25) is 0 Å². The summed E-state index contributed by atoms with van der Waals surface area (Å²) < 4.78 is 16.3. The molecule has 0 rings (SSSR count). The average Bonchev–Trinajstić information content (AvgIpc) is 1.89. The highest BCUT2D eigenvalue weighted by Gasteiger charge is 2.18. The standard InChI is InChI=1S/C4H11O2PS2/c1-4-6-7(5,8-2)9-3/h4H2,1-3H3. The zero-order chi connectivity index (χ0) is 7.33. The normalized spacial score (nSPS) is 11.9. The maximum absolute atomic E-state index is 11.3. The predicted octanol–water partition coefficient (Wildman–Crippen LogP) is 2.86. The zero-order valence-electron chi connectivity index (χ0n) is 5.79. The lowest BCUT2D eigenvalue weighted by Crippen LogP contribution is -1.79. The van der Waals surface area contributed by atoms with Gasteiger partial charge in [-0.25, -0.2) is 0 Å². The van der Waals surface area contributed by atoms with E-state index >= 15 is 0 Å². The fourth-order valence-corrected chi connectivity index (χ4v) is 4.07. The molecule has 0 aliphatic carbocycles. The van der Waals surface area contributed by atoms with Crippen LogP contribution in [-0.2, 0) is 9.09 Å². The predicted molar refractivity (Wildman–Crippen MR) is 46.3 cm³/mol. The van der Waals surface area contributed by atoms with Gasteiger partial charge >= 0.3 is 5.77 Å². The highest BCUT2D eigenvalue weighted by Crippen LogP contribution is 2.67. The van der Waals surface area contributed by atoms with Gasteiger partial charge in [-0.05, 0) is 19.4 Å². The second-order valence-electron chi connectivity index (χ2n) is 1.23. The Hall–Kier alpha value is 0.890. The zero-order valence-corrected chi connectivity index (χ0v) is 8.31. The van der Waals surface area contributed by atoms with Gasteiger partial charge in [0.05, 0.1) is 6.61 Å². The van der Waals surface area contributed by atoms with Crippen molar-refractivity contribution in [1.29, 1.82) is 0 Å². The third-order valence-electron chi connectivity index (χ3n) is 0.734. The van der Waals surface area contributed by atoms with Crippen LogP contribution in [-0.4, -0.2) is 19.1 Å². The van der Waals surface area contributed by atoms with E-state index in [1.807, 2.05) is 6.92 Å². The summed E-state index contributed by atoms with van der Waals surface area (Å²) in [7, 11) is 0. The molecular weight excluding hydrogens is 175 g/mol. The number of hydrogen-bond donors (Lipinski definition) is 0. The number of hydrogen-bond acceptors (Lipinski definition) is 4. The number of rotatable bonds is 4. The molecule has 2 nitrogen and oxygen atoms in total. The van der Waals surface area contributed by atoms with Crippen LogP contribution in [0.1, 0.15) is 6.92 Å². The Labute approximate surface area is 64.1 Å². The summed E-state index contributed by atoms with van der Waals surface area (Å²) in [5.74, 6) is -2.35. The molecule has 0 aliphatic heterocycles. The van der Waals surface area contributed by atoms with Gasteiger partial charge in [0.2, 0.25) is 0 Å². The molecule has 0 aromatic carbocycles. The molecule has 0 bridgehead atoms. The van der Waals surface area contributed by atoms with E-state index in [-0.39, 0.29) is 0 Å². The first-order valence-corrected chi connectivity index (χ1v) is 7.83.